The number of nitrogens with two attached hydrogens (primary N) is 1. The fourth-order valence-electron chi connectivity index (χ4n) is 1.47. The molecule has 4 nitrogen and oxygen atoms in total. The Kier molecular flexibility index (Phi) is 1.98. The van der Waals surface area contributed by atoms with Crippen LogP contribution in [0.1, 0.15) is 15.9 Å². The molecule has 0 saturated carbocycles. The van der Waals surface area contributed by atoms with Crippen LogP contribution in [0.3, 0.4) is 0 Å². The number of aryl methyl sites for hydroxylation is 1. The average molecular weight is 189 g/mol. The minimum Gasteiger partial charge on any atom is -0.323 e. The van der Waals surface area contributed by atoms with Crippen molar-refractivity contribution in [2.45, 2.75) is 6.92 Å². The van der Waals surface area contributed by atoms with Gasteiger partial charge in [-0.3, -0.25) is 10.2 Å². The van der Waals surface area contributed by atoms with Crippen LogP contribution in [-0.2, 0) is 0 Å². The van der Waals surface area contributed by atoms with Crippen molar-refractivity contribution in [2.75, 3.05) is 0 Å². The molecule has 72 valence electrons. The molecule has 2 aromatic rings. The van der Waals surface area contributed by atoms with Crippen LogP contribution >= 0.6 is 0 Å². The molecule has 0 saturated heterocycles. The summed E-state index contributed by atoms with van der Waals surface area (Å²) < 4.78 is 1.90. The van der Waals surface area contributed by atoms with Crippen molar-refractivity contribution < 1.29 is 4.79 Å². The molecule has 0 aliphatic rings. The number of nitrogens with one attached hydrogen (secondary N) is 1. The van der Waals surface area contributed by atoms with E-state index in [-0.39, 0.29) is 5.91 Å². The summed E-state index contributed by atoms with van der Waals surface area (Å²) in [5, 5.41) is 0. The van der Waals surface area contributed by atoms with E-state index in [1.165, 1.54) is 0 Å². The van der Waals surface area contributed by atoms with E-state index < -0.39 is 0 Å². The van der Waals surface area contributed by atoms with Gasteiger partial charge in [-0.2, -0.15) is 0 Å². The first-order valence-electron chi connectivity index (χ1n) is 4.30. The highest BCUT2D eigenvalue weighted by molar-refractivity contribution is 5.93. The second-order valence-electron chi connectivity index (χ2n) is 3.24. The number of hydrogen-bond donors (Lipinski definition) is 2. The van der Waals surface area contributed by atoms with Crippen LogP contribution < -0.4 is 11.3 Å². The van der Waals surface area contributed by atoms with Gasteiger partial charge >= 0.3 is 0 Å². The van der Waals surface area contributed by atoms with Crippen molar-refractivity contribution in [1.29, 1.82) is 0 Å². The van der Waals surface area contributed by atoms with E-state index in [0.29, 0.717) is 5.56 Å². The minimum absolute atomic E-state index is 0.279. The SMILES string of the molecule is Cc1cc2ccc(C(=O)NN)cn2c1. The lowest BCUT2D eigenvalue weighted by atomic mass is 10.2. The Hall–Kier alpha value is -1.81. The van der Waals surface area contributed by atoms with Gasteiger partial charge in [0.1, 0.15) is 0 Å². The molecule has 4 heteroatoms. The molecule has 0 aliphatic heterocycles. The summed E-state index contributed by atoms with van der Waals surface area (Å²) >= 11 is 0. The third kappa shape index (κ3) is 1.36. The normalized spacial score (nSPS) is 10.4. The second kappa shape index (κ2) is 3.16. The average Bonchev–Trinajstić information content (AvgIpc) is 2.55. The quantitative estimate of drug-likeness (QED) is 0.397. The summed E-state index contributed by atoms with van der Waals surface area (Å²) in [5.41, 5.74) is 4.88. The number of amides is 1. The van der Waals surface area contributed by atoms with Gasteiger partial charge in [0.05, 0.1) is 5.56 Å². The first-order valence-corrected chi connectivity index (χ1v) is 4.30. The Morgan fingerprint density at radius 1 is 1.43 bits per heavy atom. The van der Waals surface area contributed by atoms with Crippen molar-refractivity contribution in [2.24, 2.45) is 5.84 Å². The molecule has 0 spiro atoms. The number of rotatable bonds is 1. The number of pyridine rings is 1. The number of fused-ring (bicyclic) bond motifs is 1. The van der Waals surface area contributed by atoms with Crippen LogP contribution in [0.25, 0.3) is 5.52 Å². The summed E-state index contributed by atoms with van der Waals surface area (Å²) in [7, 11) is 0. The predicted molar refractivity (Wildman–Crippen MR) is 53.8 cm³/mol. The highest BCUT2D eigenvalue weighted by atomic mass is 16.2. The topological polar surface area (TPSA) is 59.5 Å². The van der Waals surface area contributed by atoms with Crippen molar-refractivity contribution in [3.8, 4) is 0 Å². The molecule has 2 heterocycles. The summed E-state index contributed by atoms with van der Waals surface area (Å²) in [5.74, 6) is 4.77. The van der Waals surface area contributed by atoms with Gasteiger partial charge in [0.15, 0.2) is 0 Å². The molecule has 0 aromatic carbocycles. The highest BCUT2D eigenvalue weighted by Crippen LogP contribution is 2.10. The maximum absolute atomic E-state index is 11.2. The van der Waals surface area contributed by atoms with E-state index in [4.69, 9.17) is 5.84 Å². The van der Waals surface area contributed by atoms with Crippen molar-refractivity contribution in [3.05, 3.63) is 41.7 Å². The van der Waals surface area contributed by atoms with Gasteiger partial charge in [0.25, 0.3) is 5.91 Å². The number of nitrogens with zero attached hydrogens (tertiary/aromatic N) is 1. The summed E-state index contributed by atoms with van der Waals surface area (Å²) in [4.78, 5) is 11.2. The van der Waals surface area contributed by atoms with Gasteiger partial charge in [-0.05, 0) is 30.7 Å². The van der Waals surface area contributed by atoms with E-state index in [9.17, 15) is 4.79 Å². The smallest absolute Gasteiger partial charge is 0.266 e. The summed E-state index contributed by atoms with van der Waals surface area (Å²) in [6, 6.07) is 5.68. The molecular weight excluding hydrogens is 178 g/mol. The van der Waals surface area contributed by atoms with Crippen LogP contribution in [0, 0.1) is 6.92 Å². The Labute approximate surface area is 81.3 Å². The molecule has 2 rings (SSSR count). The third-order valence-corrected chi connectivity index (χ3v) is 2.12. The zero-order chi connectivity index (χ0) is 10.1. The molecule has 0 radical (unpaired) electrons. The number of nitrogen functional groups attached to an aromatic ring is 1. The number of hydrogen-bond acceptors (Lipinski definition) is 2. The van der Waals surface area contributed by atoms with Crippen molar-refractivity contribution in [3.63, 3.8) is 0 Å². The number of carbonyl (C=O) groups is 1. The molecule has 0 fully saturated rings. The summed E-state index contributed by atoms with van der Waals surface area (Å²) in [6.07, 6.45) is 3.72. The highest BCUT2D eigenvalue weighted by Gasteiger charge is 2.04. The van der Waals surface area contributed by atoms with Crippen LogP contribution in [-0.4, -0.2) is 10.3 Å². The molecule has 0 unspecified atom stereocenters. The van der Waals surface area contributed by atoms with Crippen molar-refractivity contribution >= 4 is 11.4 Å². The molecule has 0 aliphatic carbocycles. The lowest BCUT2D eigenvalue weighted by Crippen LogP contribution is -2.30. The minimum atomic E-state index is -0.279. The van der Waals surface area contributed by atoms with Gasteiger partial charge < -0.3 is 4.40 Å². The Morgan fingerprint density at radius 2 is 2.21 bits per heavy atom. The monoisotopic (exact) mass is 189 g/mol. The van der Waals surface area contributed by atoms with Gasteiger partial charge in [0, 0.05) is 17.9 Å². The first kappa shape index (κ1) is 8.77. The summed E-state index contributed by atoms with van der Waals surface area (Å²) in [6.45, 7) is 2.01. The van der Waals surface area contributed by atoms with Gasteiger partial charge in [-0.25, -0.2) is 5.84 Å². The first-order chi connectivity index (χ1) is 6.70. The lowest BCUT2D eigenvalue weighted by molar-refractivity contribution is 0.0953. The molecule has 2 aromatic heterocycles. The molecular formula is C10H11N3O. The molecule has 3 N–H and O–H groups in total. The predicted octanol–water partition coefficient (Wildman–Crippen LogP) is 0.851. The number of aromatic nitrogens is 1. The Bertz CT molecular complexity index is 487. The van der Waals surface area contributed by atoms with E-state index >= 15 is 0 Å². The zero-order valence-corrected chi connectivity index (χ0v) is 7.82. The van der Waals surface area contributed by atoms with E-state index in [2.05, 4.69) is 5.43 Å². The van der Waals surface area contributed by atoms with E-state index in [1.54, 1.807) is 12.3 Å². The van der Waals surface area contributed by atoms with Gasteiger partial charge in [-0.1, -0.05) is 0 Å². The second-order valence-corrected chi connectivity index (χ2v) is 3.24. The maximum Gasteiger partial charge on any atom is 0.266 e. The molecule has 0 bridgehead atoms. The fraction of sp³-hybridized carbons (Fsp3) is 0.100. The third-order valence-electron chi connectivity index (χ3n) is 2.12. The Morgan fingerprint density at radius 3 is 2.93 bits per heavy atom. The maximum atomic E-state index is 11.2. The largest absolute Gasteiger partial charge is 0.323 e. The van der Waals surface area contributed by atoms with Crippen LogP contribution in [0.4, 0.5) is 0 Å². The Balaban J connectivity index is 2.55. The van der Waals surface area contributed by atoms with Crippen LogP contribution in [0.15, 0.2) is 30.6 Å². The molecule has 14 heavy (non-hydrogen) atoms. The van der Waals surface area contributed by atoms with Crippen LogP contribution in [0.5, 0.6) is 0 Å². The molecule has 1 amide bonds. The van der Waals surface area contributed by atoms with Gasteiger partial charge in [0.2, 0.25) is 0 Å². The van der Waals surface area contributed by atoms with E-state index in [1.807, 2.05) is 29.7 Å². The van der Waals surface area contributed by atoms with Crippen LogP contribution in [0.2, 0.25) is 0 Å². The van der Waals surface area contributed by atoms with E-state index in [0.717, 1.165) is 11.1 Å². The standard InChI is InChI=1S/C10H11N3O/c1-7-4-9-3-2-8(10(14)12-11)6-13(9)5-7/h2-6H,11H2,1H3,(H,12,14). The number of hydrazine groups is 1. The van der Waals surface area contributed by atoms with Gasteiger partial charge in [-0.15, -0.1) is 0 Å². The van der Waals surface area contributed by atoms with Crippen molar-refractivity contribution in [1.82, 2.24) is 9.83 Å². The zero-order valence-electron chi connectivity index (χ0n) is 7.82. The number of carbonyl (C=O) groups excluding carboxylic acids is 1. The fourth-order valence-corrected chi connectivity index (χ4v) is 1.47. The lowest BCUT2D eigenvalue weighted by Gasteiger charge is -2.00. The molecule has 0 atom stereocenters.